The Labute approximate surface area is 168 Å². The van der Waals surface area contributed by atoms with Crippen LogP contribution in [0.15, 0.2) is 12.3 Å². The highest BCUT2D eigenvalue weighted by Crippen LogP contribution is 2.24. The van der Waals surface area contributed by atoms with Crippen molar-refractivity contribution in [2.45, 2.75) is 41.0 Å². The normalized spacial score (nSPS) is 14.5. The molecule has 7 nitrogen and oxygen atoms in total. The van der Waals surface area contributed by atoms with Crippen LogP contribution in [0.1, 0.15) is 51.4 Å². The fourth-order valence-corrected chi connectivity index (χ4v) is 3.35. The molecule has 1 aromatic rings. The summed E-state index contributed by atoms with van der Waals surface area (Å²) in [7, 11) is 0. The Kier molecular flexibility index (Phi) is 8.23. The number of carbonyl (C=O) groups excluding carboxylic acids is 2. The molecule has 1 aromatic heterocycles. The van der Waals surface area contributed by atoms with Gasteiger partial charge in [0, 0.05) is 45.7 Å². The molecule has 2 rings (SSSR count). The predicted molar refractivity (Wildman–Crippen MR) is 114 cm³/mol. The van der Waals surface area contributed by atoms with Crippen LogP contribution in [-0.2, 0) is 4.79 Å². The Hall–Kier alpha value is -2.15. The van der Waals surface area contributed by atoms with Gasteiger partial charge in [0.2, 0.25) is 5.91 Å². The number of piperazine rings is 1. The van der Waals surface area contributed by atoms with Crippen molar-refractivity contribution >= 4 is 23.3 Å². The number of nitrogens with zero attached hydrogens (tertiary/aromatic N) is 3. The summed E-state index contributed by atoms with van der Waals surface area (Å²) < 4.78 is 0. The molecule has 156 valence electrons. The van der Waals surface area contributed by atoms with Crippen LogP contribution in [0.3, 0.4) is 0 Å². The lowest BCUT2D eigenvalue weighted by atomic mass is 10.1. The van der Waals surface area contributed by atoms with Crippen LogP contribution in [-0.4, -0.2) is 61.0 Å². The van der Waals surface area contributed by atoms with E-state index in [0.717, 1.165) is 26.2 Å². The van der Waals surface area contributed by atoms with Crippen molar-refractivity contribution < 1.29 is 9.59 Å². The average Bonchev–Trinajstić information content (AvgIpc) is 2.66. The van der Waals surface area contributed by atoms with E-state index in [4.69, 9.17) is 0 Å². The smallest absolute Gasteiger partial charge is 0.257 e. The van der Waals surface area contributed by atoms with Crippen molar-refractivity contribution in [1.29, 1.82) is 0 Å². The Morgan fingerprint density at radius 3 is 2.32 bits per heavy atom. The molecule has 1 fully saturated rings. The quantitative estimate of drug-likeness (QED) is 0.715. The Morgan fingerprint density at radius 2 is 1.79 bits per heavy atom. The van der Waals surface area contributed by atoms with Gasteiger partial charge in [-0.2, -0.15) is 0 Å². The van der Waals surface area contributed by atoms with E-state index in [0.29, 0.717) is 48.4 Å². The number of carbonyl (C=O) groups is 2. The standard InChI is InChI=1S/C21H35N5O2/c1-6-19(27)24-17-11-18(20(23-12-17)25-9-7-22-8-10-25)21(28)26(13-15(2)3)14-16(4)5/h11-12,15-16,22H,6-10,13-14H2,1-5H3,(H,24,27). The van der Waals surface area contributed by atoms with Crippen LogP contribution in [0.5, 0.6) is 0 Å². The van der Waals surface area contributed by atoms with E-state index in [9.17, 15) is 9.59 Å². The molecule has 0 aliphatic carbocycles. The number of hydrogen-bond acceptors (Lipinski definition) is 5. The van der Waals surface area contributed by atoms with Crippen molar-refractivity contribution in [3.63, 3.8) is 0 Å². The van der Waals surface area contributed by atoms with Gasteiger partial charge >= 0.3 is 0 Å². The lowest BCUT2D eigenvalue weighted by Crippen LogP contribution is -2.45. The number of anilines is 2. The summed E-state index contributed by atoms with van der Waals surface area (Å²) >= 11 is 0. The molecule has 2 N–H and O–H groups in total. The highest BCUT2D eigenvalue weighted by Gasteiger charge is 2.25. The summed E-state index contributed by atoms with van der Waals surface area (Å²) in [5, 5.41) is 6.17. The minimum Gasteiger partial charge on any atom is -0.353 e. The number of pyridine rings is 1. The van der Waals surface area contributed by atoms with Gasteiger partial charge in [-0.05, 0) is 17.9 Å². The molecule has 0 aromatic carbocycles. The first-order valence-corrected chi connectivity index (χ1v) is 10.4. The number of rotatable bonds is 8. The minimum atomic E-state index is -0.0867. The number of hydrogen-bond donors (Lipinski definition) is 2. The fraction of sp³-hybridized carbons (Fsp3) is 0.667. The van der Waals surface area contributed by atoms with Crippen LogP contribution >= 0.6 is 0 Å². The van der Waals surface area contributed by atoms with E-state index < -0.39 is 0 Å². The molecule has 2 amide bonds. The monoisotopic (exact) mass is 389 g/mol. The maximum atomic E-state index is 13.5. The molecule has 2 heterocycles. The third kappa shape index (κ3) is 6.19. The van der Waals surface area contributed by atoms with Gasteiger partial charge in [-0.1, -0.05) is 34.6 Å². The zero-order chi connectivity index (χ0) is 20.7. The molecule has 1 saturated heterocycles. The molecule has 0 bridgehead atoms. The van der Waals surface area contributed by atoms with E-state index in [1.54, 1.807) is 19.2 Å². The molecular weight excluding hydrogens is 354 g/mol. The van der Waals surface area contributed by atoms with Crippen molar-refractivity contribution in [3.8, 4) is 0 Å². The second kappa shape index (κ2) is 10.4. The third-order valence-corrected chi connectivity index (χ3v) is 4.58. The minimum absolute atomic E-state index is 0.0176. The Bertz CT molecular complexity index is 659. The summed E-state index contributed by atoms with van der Waals surface area (Å²) in [6.45, 7) is 15.0. The van der Waals surface area contributed by atoms with E-state index >= 15 is 0 Å². The van der Waals surface area contributed by atoms with Crippen LogP contribution in [0.2, 0.25) is 0 Å². The zero-order valence-corrected chi connectivity index (χ0v) is 17.9. The molecule has 1 aliphatic heterocycles. The summed E-state index contributed by atoms with van der Waals surface area (Å²) in [5.41, 5.74) is 1.14. The molecule has 0 radical (unpaired) electrons. The lowest BCUT2D eigenvalue weighted by molar-refractivity contribution is -0.115. The van der Waals surface area contributed by atoms with Crippen molar-refractivity contribution in [2.75, 3.05) is 49.5 Å². The SMILES string of the molecule is CCC(=O)Nc1cnc(N2CCNCC2)c(C(=O)N(CC(C)C)CC(C)C)c1. The first kappa shape index (κ1) is 22.1. The van der Waals surface area contributed by atoms with Gasteiger partial charge in [0.05, 0.1) is 17.4 Å². The van der Waals surface area contributed by atoms with Crippen LogP contribution < -0.4 is 15.5 Å². The lowest BCUT2D eigenvalue weighted by Gasteiger charge is -2.32. The van der Waals surface area contributed by atoms with Gasteiger partial charge in [0.15, 0.2) is 0 Å². The van der Waals surface area contributed by atoms with E-state index in [1.165, 1.54) is 0 Å². The fourth-order valence-electron chi connectivity index (χ4n) is 3.35. The summed E-state index contributed by atoms with van der Waals surface area (Å²) in [6, 6.07) is 1.79. The third-order valence-electron chi connectivity index (χ3n) is 4.58. The molecular formula is C21H35N5O2. The zero-order valence-electron chi connectivity index (χ0n) is 17.9. The number of nitrogens with one attached hydrogen (secondary N) is 2. The maximum absolute atomic E-state index is 13.5. The van der Waals surface area contributed by atoms with Crippen molar-refractivity contribution in [3.05, 3.63) is 17.8 Å². The van der Waals surface area contributed by atoms with Gasteiger partial charge in [-0.15, -0.1) is 0 Å². The average molecular weight is 390 g/mol. The van der Waals surface area contributed by atoms with Gasteiger partial charge < -0.3 is 20.4 Å². The predicted octanol–water partition coefficient (Wildman–Crippen LogP) is 2.59. The van der Waals surface area contributed by atoms with Gasteiger partial charge in [-0.3, -0.25) is 9.59 Å². The summed E-state index contributed by atoms with van der Waals surface area (Å²) in [5.74, 6) is 1.36. The Balaban J connectivity index is 2.40. The van der Waals surface area contributed by atoms with Gasteiger partial charge in [-0.25, -0.2) is 4.98 Å². The van der Waals surface area contributed by atoms with E-state index in [-0.39, 0.29) is 11.8 Å². The highest BCUT2D eigenvalue weighted by molar-refractivity contribution is 6.01. The number of aromatic nitrogens is 1. The molecule has 0 atom stereocenters. The van der Waals surface area contributed by atoms with Crippen LogP contribution in [0.4, 0.5) is 11.5 Å². The molecule has 0 spiro atoms. The molecule has 7 heteroatoms. The summed E-state index contributed by atoms with van der Waals surface area (Å²) in [4.78, 5) is 34.0. The largest absolute Gasteiger partial charge is 0.353 e. The van der Waals surface area contributed by atoms with Crippen LogP contribution in [0, 0.1) is 11.8 Å². The first-order valence-electron chi connectivity index (χ1n) is 10.4. The Morgan fingerprint density at radius 1 is 1.18 bits per heavy atom. The van der Waals surface area contributed by atoms with Crippen LogP contribution in [0.25, 0.3) is 0 Å². The van der Waals surface area contributed by atoms with Crippen molar-refractivity contribution in [2.24, 2.45) is 11.8 Å². The van der Waals surface area contributed by atoms with Gasteiger partial charge in [0.1, 0.15) is 5.82 Å². The topological polar surface area (TPSA) is 77.6 Å². The number of amides is 2. The second-order valence-electron chi connectivity index (χ2n) is 8.23. The molecule has 1 aliphatic rings. The highest BCUT2D eigenvalue weighted by atomic mass is 16.2. The molecule has 0 saturated carbocycles. The van der Waals surface area contributed by atoms with Gasteiger partial charge in [0.25, 0.3) is 5.91 Å². The summed E-state index contributed by atoms with van der Waals surface area (Å²) in [6.07, 6.45) is 2.03. The second-order valence-corrected chi connectivity index (χ2v) is 8.23. The van der Waals surface area contributed by atoms with E-state index in [2.05, 4.69) is 48.2 Å². The molecule has 28 heavy (non-hydrogen) atoms. The maximum Gasteiger partial charge on any atom is 0.257 e. The molecule has 0 unspecified atom stereocenters. The first-order chi connectivity index (χ1) is 13.3. The van der Waals surface area contributed by atoms with E-state index in [1.807, 2.05) is 4.90 Å². The van der Waals surface area contributed by atoms with Crippen molar-refractivity contribution in [1.82, 2.24) is 15.2 Å².